The van der Waals surface area contributed by atoms with Crippen LogP contribution in [-0.4, -0.2) is 17.4 Å². The summed E-state index contributed by atoms with van der Waals surface area (Å²) in [6.07, 6.45) is 5.19. The molecule has 0 atom stereocenters. The fourth-order valence-corrected chi connectivity index (χ4v) is 2.05. The molecule has 2 aromatic rings. The van der Waals surface area contributed by atoms with E-state index in [0.29, 0.717) is 24.7 Å². The number of oxazole rings is 1. The first kappa shape index (κ1) is 12.9. The maximum Gasteiger partial charge on any atom is 0.220 e. The van der Waals surface area contributed by atoms with E-state index < -0.39 is 0 Å². The van der Waals surface area contributed by atoms with Crippen LogP contribution in [0.1, 0.15) is 25.2 Å². The molecule has 1 aromatic carbocycles. The molecular formula is C16H18N2O2. The standard InChI is InChI=1S/C16H18N2O2/c19-15(17-10-12-6-7-12)8-9-16-18-11-14(20-16)13-4-2-1-3-5-13/h1-5,11-12H,6-10H2,(H,17,19). The van der Waals surface area contributed by atoms with E-state index >= 15 is 0 Å². The highest BCUT2D eigenvalue weighted by Crippen LogP contribution is 2.27. The van der Waals surface area contributed by atoms with Gasteiger partial charge in [-0.1, -0.05) is 30.3 Å². The molecule has 1 saturated carbocycles. The van der Waals surface area contributed by atoms with Gasteiger partial charge in [0, 0.05) is 24.9 Å². The molecule has 0 radical (unpaired) electrons. The van der Waals surface area contributed by atoms with E-state index in [1.807, 2.05) is 30.3 Å². The van der Waals surface area contributed by atoms with E-state index in [2.05, 4.69) is 10.3 Å². The van der Waals surface area contributed by atoms with Gasteiger partial charge in [0.15, 0.2) is 11.7 Å². The molecule has 0 unspecified atom stereocenters. The maximum atomic E-state index is 11.6. The summed E-state index contributed by atoms with van der Waals surface area (Å²) >= 11 is 0. The van der Waals surface area contributed by atoms with Crippen molar-refractivity contribution in [2.45, 2.75) is 25.7 Å². The van der Waals surface area contributed by atoms with Crippen LogP contribution < -0.4 is 5.32 Å². The van der Waals surface area contributed by atoms with Crippen molar-refractivity contribution in [1.29, 1.82) is 0 Å². The van der Waals surface area contributed by atoms with Gasteiger partial charge >= 0.3 is 0 Å². The van der Waals surface area contributed by atoms with Crippen molar-refractivity contribution in [3.63, 3.8) is 0 Å². The van der Waals surface area contributed by atoms with Crippen molar-refractivity contribution in [3.8, 4) is 11.3 Å². The van der Waals surface area contributed by atoms with E-state index in [4.69, 9.17) is 4.42 Å². The highest BCUT2D eigenvalue weighted by atomic mass is 16.4. The summed E-state index contributed by atoms with van der Waals surface area (Å²) in [6, 6.07) is 9.84. The molecule has 1 aliphatic carbocycles. The van der Waals surface area contributed by atoms with Gasteiger partial charge in [-0.25, -0.2) is 4.98 Å². The third kappa shape index (κ3) is 3.47. The van der Waals surface area contributed by atoms with Crippen molar-refractivity contribution in [1.82, 2.24) is 10.3 Å². The second-order valence-corrected chi connectivity index (χ2v) is 5.23. The van der Waals surface area contributed by atoms with Crippen LogP contribution in [0.15, 0.2) is 40.9 Å². The Bertz CT molecular complexity index is 573. The number of hydrogen-bond acceptors (Lipinski definition) is 3. The Kier molecular flexibility index (Phi) is 3.81. The molecule has 4 nitrogen and oxygen atoms in total. The zero-order chi connectivity index (χ0) is 13.8. The molecule has 3 rings (SSSR count). The Morgan fingerprint density at radius 2 is 2.10 bits per heavy atom. The van der Waals surface area contributed by atoms with Gasteiger partial charge in [0.2, 0.25) is 5.91 Å². The number of carbonyl (C=O) groups excluding carboxylic acids is 1. The predicted octanol–water partition coefficient (Wildman–Crippen LogP) is 2.80. The fraction of sp³-hybridized carbons (Fsp3) is 0.375. The van der Waals surface area contributed by atoms with Crippen LogP contribution in [0.2, 0.25) is 0 Å². The number of carbonyl (C=O) groups is 1. The second kappa shape index (κ2) is 5.90. The predicted molar refractivity (Wildman–Crippen MR) is 76.0 cm³/mol. The number of nitrogens with zero attached hydrogens (tertiary/aromatic N) is 1. The van der Waals surface area contributed by atoms with Crippen LogP contribution in [0.5, 0.6) is 0 Å². The molecular weight excluding hydrogens is 252 g/mol. The van der Waals surface area contributed by atoms with Crippen LogP contribution >= 0.6 is 0 Å². The zero-order valence-electron chi connectivity index (χ0n) is 11.3. The highest BCUT2D eigenvalue weighted by Gasteiger charge is 2.21. The first-order valence-electron chi connectivity index (χ1n) is 7.08. The Morgan fingerprint density at radius 1 is 1.30 bits per heavy atom. The number of benzene rings is 1. The highest BCUT2D eigenvalue weighted by molar-refractivity contribution is 5.76. The average molecular weight is 270 g/mol. The van der Waals surface area contributed by atoms with Gasteiger partial charge in [0.1, 0.15) is 0 Å². The SMILES string of the molecule is O=C(CCc1ncc(-c2ccccc2)o1)NCC1CC1. The van der Waals surface area contributed by atoms with Crippen molar-refractivity contribution >= 4 is 5.91 Å². The van der Waals surface area contributed by atoms with Crippen molar-refractivity contribution in [2.24, 2.45) is 5.92 Å². The summed E-state index contributed by atoms with van der Waals surface area (Å²) in [5, 5.41) is 2.94. The molecule has 0 aliphatic heterocycles. The van der Waals surface area contributed by atoms with E-state index in [-0.39, 0.29) is 5.91 Å². The number of aryl methyl sites for hydroxylation is 1. The molecule has 104 valence electrons. The number of rotatable bonds is 6. The molecule has 0 spiro atoms. The summed E-state index contributed by atoms with van der Waals surface area (Å²) in [4.78, 5) is 15.9. The number of amides is 1. The molecule has 0 saturated heterocycles. The molecule has 1 aliphatic rings. The Labute approximate surface area is 118 Å². The van der Waals surface area contributed by atoms with Crippen LogP contribution in [0, 0.1) is 5.92 Å². The minimum atomic E-state index is 0.0800. The lowest BCUT2D eigenvalue weighted by molar-refractivity contribution is -0.121. The average Bonchev–Trinajstić information content (AvgIpc) is 3.20. The largest absolute Gasteiger partial charge is 0.441 e. The van der Waals surface area contributed by atoms with Crippen LogP contribution in [0.3, 0.4) is 0 Å². The lowest BCUT2D eigenvalue weighted by Gasteiger charge is -2.02. The molecule has 4 heteroatoms. The van der Waals surface area contributed by atoms with Crippen LogP contribution in [-0.2, 0) is 11.2 Å². The van der Waals surface area contributed by atoms with E-state index in [1.165, 1.54) is 12.8 Å². The minimum Gasteiger partial charge on any atom is -0.441 e. The molecule has 1 fully saturated rings. The Hall–Kier alpha value is -2.10. The summed E-state index contributed by atoms with van der Waals surface area (Å²) in [5.41, 5.74) is 1.00. The van der Waals surface area contributed by atoms with Gasteiger partial charge in [0.25, 0.3) is 0 Å². The first-order valence-corrected chi connectivity index (χ1v) is 7.08. The Balaban J connectivity index is 1.50. The number of aromatic nitrogens is 1. The lowest BCUT2D eigenvalue weighted by atomic mass is 10.2. The fourth-order valence-electron chi connectivity index (χ4n) is 2.05. The van der Waals surface area contributed by atoms with Gasteiger partial charge in [0.05, 0.1) is 6.20 Å². The number of hydrogen-bond donors (Lipinski definition) is 1. The van der Waals surface area contributed by atoms with E-state index in [0.717, 1.165) is 17.9 Å². The van der Waals surface area contributed by atoms with Crippen LogP contribution in [0.25, 0.3) is 11.3 Å². The quantitative estimate of drug-likeness (QED) is 0.878. The minimum absolute atomic E-state index is 0.0800. The molecule has 1 amide bonds. The van der Waals surface area contributed by atoms with Gasteiger partial charge in [-0.2, -0.15) is 0 Å². The summed E-state index contributed by atoms with van der Waals surface area (Å²) < 4.78 is 5.67. The normalized spacial score (nSPS) is 14.2. The van der Waals surface area contributed by atoms with E-state index in [1.54, 1.807) is 6.20 Å². The third-order valence-corrected chi connectivity index (χ3v) is 3.46. The molecule has 1 N–H and O–H groups in total. The maximum absolute atomic E-state index is 11.6. The molecule has 1 heterocycles. The van der Waals surface area contributed by atoms with Gasteiger partial charge < -0.3 is 9.73 Å². The summed E-state index contributed by atoms with van der Waals surface area (Å²) in [7, 11) is 0. The summed E-state index contributed by atoms with van der Waals surface area (Å²) in [5.74, 6) is 2.16. The van der Waals surface area contributed by atoms with E-state index in [9.17, 15) is 4.79 Å². The van der Waals surface area contributed by atoms with Crippen molar-refractivity contribution < 1.29 is 9.21 Å². The van der Waals surface area contributed by atoms with Crippen molar-refractivity contribution in [2.75, 3.05) is 6.54 Å². The van der Waals surface area contributed by atoms with Gasteiger partial charge in [-0.15, -0.1) is 0 Å². The Morgan fingerprint density at radius 3 is 2.85 bits per heavy atom. The summed E-state index contributed by atoms with van der Waals surface area (Å²) in [6.45, 7) is 0.819. The topological polar surface area (TPSA) is 55.1 Å². The van der Waals surface area contributed by atoms with Gasteiger partial charge in [-0.3, -0.25) is 4.79 Å². The zero-order valence-corrected chi connectivity index (χ0v) is 11.3. The molecule has 1 aromatic heterocycles. The molecule has 0 bridgehead atoms. The van der Waals surface area contributed by atoms with Gasteiger partial charge in [-0.05, 0) is 18.8 Å². The van der Waals surface area contributed by atoms with Crippen LogP contribution in [0.4, 0.5) is 0 Å². The first-order chi connectivity index (χ1) is 9.81. The van der Waals surface area contributed by atoms with Crippen molar-refractivity contribution in [3.05, 3.63) is 42.4 Å². The lowest BCUT2D eigenvalue weighted by Crippen LogP contribution is -2.25. The smallest absolute Gasteiger partial charge is 0.220 e. The second-order valence-electron chi connectivity index (χ2n) is 5.23. The number of nitrogens with one attached hydrogen (secondary N) is 1. The monoisotopic (exact) mass is 270 g/mol. The molecule has 20 heavy (non-hydrogen) atoms. The third-order valence-electron chi connectivity index (χ3n) is 3.46.